The van der Waals surface area contributed by atoms with Crippen LogP contribution in [0.1, 0.15) is 28.9 Å². The SMILES string of the molecule is O=C(Nc1nc2ccc(S(=O)(=O)N3CCCCC3)cc2s1)c1cccs1. The standard InChI is InChI=1S/C17H17N3O3S3/c21-16(14-5-4-10-24-14)19-17-18-13-7-6-12(11-15(13)25-17)26(22,23)20-8-2-1-3-9-20/h4-7,10-11H,1-3,8-9H2,(H,18,19,21). The number of thiophene rings is 1. The van der Waals surface area contributed by atoms with Gasteiger partial charge in [-0.2, -0.15) is 4.31 Å². The van der Waals surface area contributed by atoms with E-state index in [1.54, 1.807) is 28.6 Å². The number of nitrogens with zero attached hydrogens (tertiary/aromatic N) is 2. The number of carbonyl (C=O) groups is 1. The van der Waals surface area contributed by atoms with Crippen LogP contribution in [0.5, 0.6) is 0 Å². The first-order chi connectivity index (χ1) is 12.5. The van der Waals surface area contributed by atoms with E-state index in [0.717, 1.165) is 24.0 Å². The maximum absolute atomic E-state index is 12.8. The second-order valence-electron chi connectivity index (χ2n) is 6.04. The molecule has 1 fully saturated rings. The van der Waals surface area contributed by atoms with Crippen LogP contribution in [0.4, 0.5) is 5.13 Å². The molecular weight excluding hydrogens is 390 g/mol. The Labute approximate surface area is 159 Å². The maximum Gasteiger partial charge on any atom is 0.267 e. The van der Waals surface area contributed by atoms with E-state index >= 15 is 0 Å². The Morgan fingerprint density at radius 2 is 1.96 bits per heavy atom. The van der Waals surface area contributed by atoms with Gasteiger partial charge in [-0.1, -0.05) is 23.8 Å². The fourth-order valence-electron chi connectivity index (χ4n) is 2.94. The van der Waals surface area contributed by atoms with E-state index in [1.165, 1.54) is 22.7 Å². The Morgan fingerprint density at radius 3 is 2.69 bits per heavy atom. The lowest BCUT2D eigenvalue weighted by Gasteiger charge is -2.25. The van der Waals surface area contributed by atoms with Gasteiger partial charge in [-0.3, -0.25) is 10.1 Å². The van der Waals surface area contributed by atoms with E-state index in [1.807, 2.05) is 11.4 Å². The summed E-state index contributed by atoms with van der Waals surface area (Å²) in [6.07, 6.45) is 2.88. The molecule has 1 saturated heterocycles. The molecule has 4 rings (SSSR count). The predicted molar refractivity (Wildman–Crippen MR) is 105 cm³/mol. The zero-order chi connectivity index (χ0) is 18.1. The maximum atomic E-state index is 12.8. The van der Waals surface area contributed by atoms with Crippen LogP contribution in [-0.2, 0) is 10.0 Å². The minimum absolute atomic E-state index is 0.208. The van der Waals surface area contributed by atoms with Gasteiger partial charge in [0.1, 0.15) is 0 Å². The summed E-state index contributed by atoms with van der Waals surface area (Å²) in [6.45, 7) is 1.15. The van der Waals surface area contributed by atoms with Gasteiger partial charge in [-0.15, -0.1) is 11.3 Å². The Bertz CT molecular complexity index is 1040. The Kier molecular flexibility index (Phi) is 4.78. The van der Waals surface area contributed by atoms with Gasteiger partial charge in [0, 0.05) is 13.1 Å². The van der Waals surface area contributed by atoms with E-state index < -0.39 is 10.0 Å². The molecule has 1 N–H and O–H groups in total. The van der Waals surface area contributed by atoms with Crippen molar-refractivity contribution in [1.29, 1.82) is 0 Å². The number of benzene rings is 1. The van der Waals surface area contributed by atoms with E-state index in [0.29, 0.717) is 28.6 Å². The molecule has 26 heavy (non-hydrogen) atoms. The number of carbonyl (C=O) groups excluding carboxylic acids is 1. The first kappa shape index (κ1) is 17.6. The van der Waals surface area contributed by atoms with Crippen LogP contribution >= 0.6 is 22.7 Å². The second kappa shape index (κ2) is 7.07. The zero-order valence-electron chi connectivity index (χ0n) is 13.8. The molecule has 3 heterocycles. The summed E-state index contributed by atoms with van der Waals surface area (Å²) in [6, 6.07) is 8.50. The van der Waals surface area contributed by atoms with Crippen LogP contribution in [0, 0.1) is 0 Å². The van der Waals surface area contributed by atoms with Crippen molar-refractivity contribution in [1.82, 2.24) is 9.29 Å². The first-order valence-corrected chi connectivity index (χ1v) is 11.4. The minimum atomic E-state index is -3.48. The summed E-state index contributed by atoms with van der Waals surface area (Å²) < 4.78 is 27.9. The minimum Gasteiger partial charge on any atom is -0.297 e. The molecule has 0 bridgehead atoms. The highest BCUT2D eigenvalue weighted by Gasteiger charge is 2.26. The number of aromatic nitrogens is 1. The molecule has 1 aromatic carbocycles. The zero-order valence-corrected chi connectivity index (χ0v) is 16.3. The summed E-state index contributed by atoms with van der Waals surface area (Å²) in [5, 5.41) is 5.08. The number of nitrogens with one attached hydrogen (secondary N) is 1. The van der Waals surface area contributed by atoms with Gasteiger partial charge < -0.3 is 0 Å². The van der Waals surface area contributed by atoms with Gasteiger partial charge in [0.15, 0.2) is 5.13 Å². The van der Waals surface area contributed by atoms with Gasteiger partial charge in [-0.25, -0.2) is 13.4 Å². The molecule has 0 spiro atoms. The second-order valence-corrected chi connectivity index (χ2v) is 9.96. The Morgan fingerprint density at radius 1 is 1.15 bits per heavy atom. The number of fused-ring (bicyclic) bond motifs is 1. The van der Waals surface area contributed by atoms with Crippen molar-refractivity contribution in [2.45, 2.75) is 24.2 Å². The molecule has 9 heteroatoms. The number of rotatable bonds is 4. The lowest BCUT2D eigenvalue weighted by molar-refractivity contribution is 0.103. The smallest absolute Gasteiger partial charge is 0.267 e. The monoisotopic (exact) mass is 407 g/mol. The molecule has 0 aliphatic carbocycles. The normalized spacial score (nSPS) is 16.0. The van der Waals surface area contributed by atoms with Crippen molar-refractivity contribution in [3.05, 3.63) is 40.6 Å². The van der Waals surface area contributed by atoms with Crippen molar-refractivity contribution in [3.63, 3.8) is 0 Å². The predicted octanol–water partition coefficient (Wildman–Crippen LogP) is 3.78. The van der Waals surface area contributed by atoms with Gasteiger partial charge in [0.25, 0.3) is 5.91 Å². The number of hydrogen-bond acceptors (Lipinski definition) is 6. The fraction of sp³-hybridized carbons (Fsp3) is 0.294. The van der Waals surface area contributed by atoms with E-state index in [2.05, 4.69) is 10.3 Å². The van der Waals surface area contributed by atoms with Crippen molar-refractivity contribution < 1.29 is 13.2 Å². The average Bonchev–Trinajstić information content (AvgIpc) is 3.31. The summed E-state index contributed by atoms with van der Waals surface area (Å²) >= 11 is 2.64. The van der Waals surface area contributed by atoms with Gasteiger partial charge in [-0.05, 0) is 42.5 Å². The number of hydrogen-bond donors (Lipinski definition) is 1. The first-order valence-electron chi connectivity index (χ1n) is 8.30. The summed E-state index contributed by atoms with van der Waals surface area (Å²) in [4.78, 5) is 17.4. The largest absolute Gasteiger partial charge is 0.297 e. The number of amides is 1. The molecule has 0 saturated carbocycles. The third-order valence-corrected chi connectivity index (χ3v) is 7.98. The van der Waals surface area contributed by atoms with Crippen LogP contribution in [0.15, 0.2) is 40.6 Å². The molecular formula is C17H17N3O3S3. The molecule has 6 nitrogen and oxygen atoms in total. The molecule has 1 amide bonds. The molecule has 2 aromatic heterocycles. The lowest BCUT2D eigenvalue weighted by atomic mass is 10.2. The van der Waals surface area contributed by atoms with Crippen LogP contribution < -0.4 is 5.32 Å². The van der Waals surface area contributed by atoms with Gasteiger partial charge >= 0.3 is 0 Å². The summed E-state index contributed by atoms with van der Waals surface area (Å²) in [5.74, 6) is -0.208. The van der Waals surface area contributed by atoms with Crippen molar-refractivity contribution in [3.8, 4) is 0 Å². The number of anilines is 1. The van der Waals surface area contributed by atoms with E-state index in [9.17, 15) is 13.2 Å². The highest BCUT2D eigenvalue weighted by molar-refractivity contribution is 7.89. The van der Waals surface area contributed by atoms with Gasteiger partial charge in [0.05, 0.1) is 20.0 Å². The molecule has 136 valence electrons. The Hall–Kier alpha value is -1.81. The summed E-state index contributed by atoms with van der Waals surface area (Å²) in [5.41, 5.74) is 0.675. The van der Waals surface area contributed by atoms with Crippen LogP contribution in [0.3, 0.4) is 0 Å². The molecule has 1 aliphatic rings. The molecule has 3 aromatic rings. The number of sulfonamides is 1. The summed E-state index contributed by atoms with van der Waals surface area (Å²) in [7, 11) is -3.48. The van der Waals surface area contributed by atoms with Crippen molar-refractivity contribution >= 4 is 54.0 Å². The lowest BCUT2D eigenvalue weighted by Crippen LogP contribution is -2.35. The number of thiazole rings is 1. The van der Waals surface area contributed by atoms with E-state index in [4.69, 9.17) is 0 Å². The third kappa shape index (κ3) is 3.39. The topological polar surface area (TPSA) is 79.4 Å². The molecule has 0 atom stereocenters. The quantitative estimate of drug-likeness (QED) is 0.714. The molecule has 0 radical (unpaired) electrons. The van der Waals surface area contributed by atoms with Crippen LogP contribution in [-0.4, -0.2) is 36.7 Å². The third-order valence-electron chi connectivity index (χ3n) is 4.28. The van der Waals surface area contributed by atoms with E-state index in [-0.39, 0.29) is 10.8 Å². The highest BCUT2D eigenvalue weighted by atomic mass is 32.2. The number of piperidine rings is 1. The highest BCUT2D eigenvalue weighted by Crippen LogP contribution is 2.30. The van der Waals surface area contributed by atoms with Crippen molar-refractivity contribution in [2.24, 2.45) is 0 Å². The fourth-order valence-corrected chi connectivity index (χ4v) is 6.08. The van der Waals surface area contributed by atoms with Crippen LogP contribution in [0.25, 0.3) is 10.2 Å². The van der Waals surface area contributed by atoms with Gasteiger partial charge in [0.2, 0.25) is 10.0 Å². The molecule has 1 aliphatic heterocycles. The van der Waals surface area contributed by atoms with Crippen molar-refractivity contribution in [2.75, 3.05) is 18.4 Å². The Balaban J connectivity index is 1.60. The average molecular weight is 408 g/mol. The van der Waals surface area contributed by atoms with Crippen LogP contribution in [0.2, 0.25) is 0 Å². The molecule has 0 unspecified atom stereocenters.